The van der Waals surface area contributed by atoms with E-state index >= 15 is 0 Å². The van der Waals surface area contributed by atoms with Gasteiger partial charge in [-0.3, -0.25) is 14.9 Å². The number of hydrogen-bond acceptors (Lipinski definition) is 4. The standard InChI is InChI=1S/C19H21N3O3/c1-14-7-2-4-11-17(14)21-19(23)16(13-20)10-6-9-15-8-3-5-12-18(15)22(24)25/h3,5-6,8-10,12,14,17H,2,4,7,11H2,1H3,(H,21,23)/b9-6+,16-10+/t14-,17-/m0/s1. The van der Waals surface area contributed by atoms with E-state index in [0.717, 1.165) is 19.3 Å². The molecule has 6 nitrogen and oxygen atoms in total. The van der Waals surface area contributed by atoms with Gasteiger partial charge in [-0.1, -0.05) is 38.0 Å². The first-order valence-corrected chi connectivity index (χ1v) is 8.35. The van der Waals surface area contributed by atoms with Crippen LogP contribution in [0.15, 0.2) is 42.0 Å². The Labute approximate surface area is 147 Å². The van der Waals surface area contributed by atoms with E-state index in [1.54, 1.807) is 18.2 Å². The maximum absolute atomic E-state index is 12.3. The molecule has 0 radical (unpaired) electrons. The molecule has 1 aromatic rings. The molecule has 2 atom stereocenters. The number of benzene rings is 1. The number of nitrogens with one attached hydrogen (secondary N) is 1. The molecule has 1 N–H and O–H groups in total. The third-order valence-corrected chi connectivity index (χ3v) is 4.47. The monoisotopic (exact) mass is 339 g/mol. The summed E-state index contributed by atoms with van der Waals surface area (Å²) < 4.78 is 0. The lowest BCUT2D eigenvalue weighted by Crippen LogP contribution is -2.41. The summed E-state index contributed by atoms with van der Waals surface area (Å²) in [6.07, 6.45) is 8.66. The number of nitrogens with zero attached hydrogens (tertiary/aromatic N) is 2. The zero-order valence-electron chi connectivity index (χ0n) is 14.1. The highest BCUT2D eigenvalue weighted by atomic mass is 16.6. The predicted molar refractivity (Wildman–Crippen MR) is 95.4 cm³/mol. The number of hydrogen-bond donors (Lipinski definition) is 1. The normalized spacial score (nSPS) is 20.9. The van der Waals surface area contributed by atoms with Gasteiger partial charge in [0.1, 0.15) is 11.6 Å². The van der Waals surface area contributed by atoms with E-state index in [4.69, 9.17) is 0 Å². The third-order valence-electron chi connectivity index (χ3n) is 4.47. The van der Waals surface area contributed by atoms with Crippen LogP contribution < -0.4 is 5.32 Å². The van der Waals surface area contributed by atoms with Crippen LogP contribution in [-0.2, 0) is 4.79 Å². The molecule has 0 bridgehead atoms. The van der Waals surface area contributed by atoms with Crippen LogP contribution in [-0.4, -0.2) is 16.9 Å². The van der Waals surface area contributed by atoms with Crippen LogP contribution in [0.2, 0.25) is 0 Å². The summed E-state index contributed by atoms with van der Waals surface area (Å²) in [7, 11) is 0. The van der Waals surface area contributed by atoms with Crippen molar-refractivity contribution in [3.63, 3.8) is 0 Å². The second-order valence-corrected chi connectivity index (χ2v) is 6.21. The first kappa shape index (κ1) is 18.4. The van der Waals surface area contributed by atoms with Gasteiger partial charge in [0, 0.05) is 12.1 Å². The van der Waals surface area contributed by atoms with Gasteiger partial charge in [0.15, 0.2) is 0 Å². The summed E-state index contributed by atoms with van der Waals surface area (Å²) in [5.41, 5.74) is 0.390. The van der Waals surface area contributed by atoms with Gasteiger partial charge >= 0.3 is 0 Å². The summed E-state index contributed by atoms with van der Waals surface area (Å²) >= 11 is 0. The smallest absolute Gasteiger partial charge is 0.276 e. The van der Waals surface area contributed by atoms with E-state index in [-0.39, 0.29) is 17.3 Å². The number of para-hydroxylation sites is 1. The van der Waals surface area contributed by atoms with Crippen molar-refractivity contribution >= 4 is 17.7 Å². The molecule has 0 unspecified atom stereocenters. The lowest BCUT2D eigenvalue weighted by Gasteiger charge is -2.29. The Morgan fingerprint density at radius 3 is 2.76 bits per heavy atom. The number of nitriles is 1. The number of carbonyl (C=O) groups is 1. The van der Waals surface area contributed by atoms with Crippen molar-refractivity contribution < 1.29 is 9.72 Å². The summed E-state index contributed by atoms with van der Waals surface area (Å²) in [5.74, 6) is 0.00798. The molecule has 1 aliphatic carbocycles. The van der Waals surface area contributed by atoms with Crippen molar-refractivity contribution in [3.8, 4) is 6.07 Å². The van der Waals surface area contributed by atoms with E-state index in [9.17, 15) is 20.2 Å². The van der Waals surface area contributed by atoms with Crippen molar-refractivity contribution in [2.24, 2.45) is 5.92 Å². The number of amides is 1. The van der Waals surface area contributed by atoms with E-state index in [1.807, 2.05) is 6.07 Å². The zero-order valence-corrected chi connectivity index (χ0v) is 14.1. The minimum Gasteiger partial charge on any atom is -0.348 e. The quantitative estimate of drug-likeness (QED) is 0.290. The van der Waals surface area contributed by atoms with Crippen LogP contribution >= 0.6 is 0 Å². The molecule has 0 aromatic heterocycles. The van der Waals surface area contributed by atoms with Crippen LogP contribution in [0.1, 0.15) is 38.2 Å². The molecular weight excluding hydrogens is 318 g/mol. The van der Waals surface area contributed by atoms with Gasteiger partial charge in [-0.15, -0.1) is 0 Å². The molecule has 1 aromatic carbocycles. The van der Waals surface area contributed by atoms with Crippen LogP contribution in [0.4, 0.5) is 5.69 Å². The minimum atomic E-state index is -0.467. The molecule has 1 amide bonds. The molecular formula is C19H21N3O3. The van der Waals surface area contributed by atoms with E-state index in [2.05, 4.69) is 12.2 Å². The first-order valence-electron chi connectivity index (χ1n) is 8.35. The van der Waals surface area contributed by atoms with Gasteiger partial charge in [0.05, 0.1) is 10.5 Å². The van der Waals surface area contributed by atoms with E-state index < -0.39 is 10.8 Å². The fourth-order valence-electron chi connectivity index (χ4n) is 2.98. The summed E-state index contributed by atoms with van der Waals surface area (Å²) in [5, 5.41) is 23.1. The van der Waals surface area contributed by atoms with Crippen molar-refractivity contribution in [2.75, 3.05) is 0 Å². The van der Waals surface area contributed by atoms with Crippen molar-refractivity contribution in [1.29, 1.82) is 5.26 Å². The number of allylic oxidation sites excluding steroid dienone is 2. The highest BCUT2D eigenvalue weighted by Gasteiger charge is 2.23. The van der Waals surface area contributed by atoms with Gasteiger partial charge in [0.2, 0.25) is 0 Å². The lowest BCUT2D eigenvalue weighted by atomic mass is 9.86. The largest absolute Gasteiger partial charge is 0.348 e. The van der Waals surface area contributed by atoms with Crippen molar-refractivity contribution in [2.45, 2.75) is 38.6 Å². The fourth-order valence-corrected chi connectivity index (χ4v) is 2.98. The molecule has 0 saturated heterocycles. The zero-order chi connectivity index (χ0) is 18.2. The Bertz CT molecular complexity index is 747. The number of nitro groups is 1. The SMILES string of the molecule is C[C@H]1CCCC[C@@H]1NC(=O)/C(C#N)=C/C=C/c1ccccc1[N+](=O)[O-]. The van der Waals surface area contributed by atoms with Gasteiger partial charge in [-0.2, -0.15) is 5.26 Å². The molecule has 130 valence electrons. The second-order valence-electron chi connectivity index (χ2n) is 6.21. The van der Waals surface area contributed by atoms with Crippen LogP contribution in [0, 0.1) is 27.4 Å². The molecule has 1 saturated carbocycles. The summed E-state index contributed by atoms with van der Waals surface area (Å²) in [4.78, 5) is 22.8. The Hall–Kier alpha value is -2.94. The van der Waals surface area contributed by atoms with Gasteiger partial charge in [-0.05, 0) is 37.0 Å². The Kier molecular flexibility index (Phi) is 6.47. The Balaban J connectivity index is 2.08. The minimum absolute atomic E-state index is 0.00684. The fraction of sp³-hybridized carbons (Fsp3) is 0.368. The molecule has 0 heterocycles. The molecule has 0 aliphatic heterocycles. The second kappa shape index (κ2) is 8.78. The maximum Gasteiger partial charge on any atom is 0.276 e. The molecule has 1 fully saturated rings. The highest BCUT2D eigenvalue weighted by Crippen LogP contribution is 2.24. The van der Waals surface area contributed by atoms with Gasteiger partial charge in [-0.25, -0.2) is 0 Å². The Morgan fingerprint density at radius 2 is 2.08 bits per heavy atom. The van der Waals surface area contributed by atoms with Gasteiger partial charge in [0.25, 0.3) is 11.6 Å². The highest BCUT2D eigenvalue weighted by molar-refractivity contribution is 5.97. The Morgan fingerprint density at radius 1 is 1.36 bits per heavy atom. The summed E-state index contributed by atoms with van der Waals surface area (Å²) in [6, 6.07) is 8.29. The first-order chi connectivity index (χ1) is 12.0. The predicted octanol–water partition coefficient (Wildman–Crippen LogP) is 3.75. The van der Waals surface area contributed by atoms with Crippen LogP contribution in [0.3, 0.4) is 0 Å². The molecule has 25 heavy (non-hydrogen) atoms. The topological polar surface area (TPSA) is 96.0 Å². The number of carbonyl (C=O) groups excluding carboxylic acids is 1. The van der Waals surface area contributed by atoms with E-state index in [0.29, 0.717) is 11.5 Å². The number of rotatable bonds is 5. The summed E-state index contributed by atoms with van der Waals surface area (Å²) in [6.45, 7) is 2.11. The van der Waals surface area contributed by atoms with Crippen LogP contribution in [0.25, 0.3) is 6.08 Å². The molecule has 6 heteroatoms. The maximum atomic E-state index is 12.3. The van der Waals surface area contributed by atoms with Crippen molar-refractivity contribution in [3.05, 3.63) is 57.7 Å². The van der Waals surface area contributed by atoms with Crippen molar-refractivity contribution in [1.82, 2.24) is 5.32 Å². The molecule has 0 spiro atoms. The van der Waals surface area contributed by atoms with Gasteiger partial charge < -0.3 is 5.32 Å². The average molecular weight is 339 g/mol. The third kappa shape index (κ3) is 5.01. The molecule has 1 aliphatic rings. The number of nitro benzene ring substituents is 1. The lowest BCUT2D eigenvalue weighted by molar-refractivity contribution is -0.385. The average Bonchev–Trinajstić information content (AvgIpc) is 2.61. The van der Waals surface area contributed by atoms with Crippen LogP contribution in [0.5, 0.6) is 0 Å². The van der Waals surface area contributed by atoms with E-state index in [1.165, 1.54) is 30.7 Å². The molecule has 2 rings (SSSR count).